The molecular formula is C18H21F3N4O. The molecule has 140 valence electrons. The molecule has 5 nitrogen and oxygen atoms in total. The Bertz CT molecular complexity index is 747. The molecule has 0 bridgehead atoms. The smallest absolute Gasteiger partial charge is 0.422 e. The summed E-state index contributed by atoms with van der Waals surface area (Å²) in [5, 5.41) is 6.20. The number of nitrogens with one attached hydrogen (secondary N) is 2. The molecule has 0 aliphatic carbocycles. The first-order valence-corrected chi connectivity index (χ1v) is 8.01. The lowest BCUT2D eigenvalue weighted by Gasteiger charge is -2.15. The molecule has 0 aliphatic heterocycles. The molecule has 2 N–H and O–H groups in total. The normalized spacial score (nSPS) is 12.0. The fourth-order valence-corrected chi connectivity index (χ4v) is 2.25. The van der Waals surface area contributed by atoms with Crippen molar-refractivity contribution < 1.29 is 17.9 Å². The summed E-state index contributed by atoms with van der Waals surface area (Å²) in [4.78, 5) is 7.98. The Morgan fingerprint density at radius 3 is 2.62 bits per heavy atom. The molecule has 2 rings (SSSR count). The summed E-state index contributed by atoms with van der Waals surface area (Å²) in [5.41, 5.74) is 2.77. The van der Waals surface area contributed by atoms with Crippen molar-refractivity contribution in [2.75, 3.05) is 13.7 Å². The third kappa shape index (κ3) is 6.62. The summed E-state index contributed by atoms with van der Waals surface area (Å²) in [5.74, 6) is 0.476. The number of aliphatic imine (C=N–C) groups is 1. The molecule has 0 aliphatic rings. The molecule has 0 fully saturated rings. The number of hydrogen-bond acceptors (Lipinski definition) is 3. The lowest BCUT2D eigenvalue weighted by Crippen LogP contribution is -2.36. The SMILES string of the molecule is CN=C(NCc1cccc(C)c1)NCc1cccnc1OCC(F)(F)F. The maximum Gasteiger partial charge on any atom is 0.422 e. The Balaban J connectivity index is 1.92. The van der Waals surface area contributed by atoms with Gasteiger partial charge in [-0.25, -0.2) is 4.98 Å². The summed E-state index contributed by atoms with van der Waals surface area (Å²) in [6, 6.07) is 11.3. The van der Waals surface area contributed by atoms with Gasteiger partial charge in [0.25, 0.3) is 0 Å². The van der Waals surface area contributed by atoms with Gasteiger partial charge in [-0.3, -0.25) is 4.99 Å². The minimum absolute atomic E-state index is 0.0496. The molecule has 0 amide bonds. The summed E-state index contributed by atoms with van der Waals surface area (Å²) < 4.78 is 41.8. The average Bonchev–Trinajstić information content (AvgIpc) is 2.60. The van der Waals surface area contributed by atoms with Crippen molar-refractivity contribution in [1.82, 2.24) is 15.6 Å². The van der Waals surface area contributed by atoms with Gasteiger partial charge in [-0.05, 0) is 18.6 Å². The second-order valence-corrected chi connectivity index (χ2v) is 5.64. The van der Waals surface area contributed by atoms with Crippen LogP contribution < -0.4 is 15.4 Å². The average molecular weight is 366 g/mol. The number of pyridine rings is 1. The Kier molecular flexibility index (Phi) is 6.82. The largest absolute Gasteiger partial charge is 0.468 e. The molecule has 0 unspecified atom stereocenters. The van der Waals surface area contributed by atoms with Crippen LogP contribution in [0, 0.1) is 6.92 Å². The molecule has 2 aromatic rings. The van der Waals surface area contributed by atoms with E-state index in [2.05, 4.69) is 26.7 Å². The van der Waals surface area contributed by atoms with Gasteiger partial charge in [-0.1, -0.05) is 35.9 Å². The number of aromatic nitrogens is 1. The third-order valence-corrected chi connectivity index (χ3v) is 3.43. The lowest BCUT2D eigenvalue weighted by atomic mass is 10.1. The standard InChI is InChI=1S/C18H21F3N4O/c1-13-5-3-6-14(9-13)10-24-17(22-2)25-11-15-7-4-8-23-16(15)26-12-18(19,20)21/h3-9H,10-12H2,1-2H3,(H2,22,24,25). The van der Waals surface area contributed by atoms with Crippen molar-refractivity contribution in [2.24, 2.45) is 4.99 Å². The highest BCUT2D eigenvalue weighted by molar-refractivity contribution is 5.79. The van der Waals surface area contributed by atoms with E-state index in [1.165, 1.54) is 6.20 Å². The highest BCUT2D eigenvalue weighted by Gasteiger charge is 2.29. The minimum Gasteiger partial charge on any atom is -0.468 e. The van der Waals surface area contributed by atoms with E-state index in [4.69, 9.17) is 4.74 Å². The van der Waals surface area contributed by atoms with Crippen LogP contribution in [0.2, 0.25) is 0 Å². The summed E-state index contributed by atoms with van der Waals surface area (Å²) in [6.07, 6.45) is -3.02. The fourth-order valence-electron chi connectivity index (χ4n) is 2.25. The molecule has 26 heavy (non-hydrogen) atoms. The number of benzene rings is 1. The summed E-state index contributed by atoms with van der Waals surface area (Å²) >= 11 is 0. The molecule has 8 heteroatoms. The van der Waals surface area contributed by atoms with Crippen LogP contribution in [-0.2, 0) is 13.1 Å². The fraction of sp³-hybridized carbons (Fsp3) is 0.333. The molecule has 0 radical (unpaired) electrons. The highest BCUT2D eigenvalue weighted by atomic mass is 19.4. The van der Waals surface area contributed by atoms with E-state index < -0.39 is 12.8 Å². The molecule has 1 heterocycles. The van der Waals surface area contributed by atoms with E-state index >= 15 is 0 Å². The quantitative estimate of drug-likeness (QED) is 0.609. The Labute approximate surface area is 150 Å². The molecule has 0 atom stereocenters. The number of rotatable bonds is 6. The maximum absolute atomic E-state index is 12.3. The van der Waals surface area contributed by atoms with Gasteiger partial charge in [0.05, 0.1) is 0 Å². The summed E-state index contributed by atoms with van der Waals surface area (Å²) in [7, 11) is 1.62. The van der Waals surface area contributed by atoms with Crippen LogP contribution in [0.25, 0.3) is 0 Å². The molecule has 1 aromatic carbocycles. The van der Waals surface area contributed by atoms with E-state index in [-0.39, 0.29) is 12.4 Å². The Morgan fingerprint density at radius 1 is 1.15 bits per heavy atom. The molecule has 1 aromatic heterocycles. The number of hydrogen-bond donors (Lipinski definition) is 2. The van der Waals surface area contributed by atoms with Gasteiger partial charge in [0.15, 0.2) is 12.6 Å². The van der Waals surface area contributed by atoms with Gasteiger partial charge in [-0.2, -0.15) is 13.2 Å². The number of guanidine groups is 1. The van der Waals surface area contributed by atoms with E-state index in [1.54, 1.807) is 19.2 Å². The van der Waals surface area contributed by atoms with E-state index in [1.807, 2.05) is 25.1 Å². The number of halogens is 3. The van der Waals surface area contributed by atoms with Gasteiger partial charge >= 0.3 is 6.18 Å². The van der Waals surface area contributed by atoms with Gasteiger partial charge in [-0.15, -0.1) is 0 Å². The first-order valence-electron chi connectivity index (χ1n) is 8.01. The Morgan fingerprint density at radius 2 is 1.92 bits per heavy atom. The van der Waals surface area contributed by atoms with E-state index in [0.717, 1.165) is 11.1 Å². The van der Waals surface area contributed by atoms with Crippen molar-refractivity contribution in [2.45, 2.75) is 26.2 Å². The minimum atomic E-state index is -4.41. The van der Waals surface area contributed by atoms with Gasteiger partial charge in [0, 0.05) is 31.9 Å². The predicted octanol–water partition coefficient (Wildman–Crippen LogP) is 3.20. The topological polar surface area (TPSA) is 58.5 Å². The molecule has 0 spiro atoms. The van der Waals surface area contributed by atoms with Crippen molar-refractivity contribution in [3.05, 3.63) is 59.3 Å². The van der Waals surface area contributed by atoms with Crippen LogP contribution in [0.3, 0.4) is 0 Å². The molecular weight excluding hydrogens is 345 g/mol. The van der Waals surface area contributed by atoms with Crippen LogP contribution in [0.15, 0.2) is 47.6 Å². The number of ether oxygens (including phenoxy) is 1. The van der Waals surface area contributed by atoms with Crippen LogP contribution >= 0.6 is 0 Å². The van der Waals surface area contributed by atoms with Gasteiger partial charge < -0.3 is 15.4 Å². The first-order chi connectivity index (χ1) is 12.4. The Hall–Kier alpha value is -2.77. The van der Waals surface area contributed by atoms with E-state index in [9.17, 15) is 13.2 Å². The van der Waals surface area contributed by atoms with Crippen LogP contribution in [0.4, 0.5) is 13.2 Å². The summed E-state index contributed by atoms with van der Waals surface area (Å²) in [6.45, 7) is 1.44. The van der Waals surface area contributed by atoms with Crippen LogP contribution in [-0.4, -0.2) is 30.8 Å². The number of alkyl halides is 3. The van der Waals surface area contributed by atoms with E-state index in [0.29, 0.717) is 18.1 Å². The van der Waals surface area contributed by atoms with Crippen LogP contribution in [0.5, 0.6) is 5.88 Å². The highest BCUT2D eigenvalue weighted by Crippen LogP contribution is 2.19. The van der Waals surface area contributed by atoms with Crippen molar-refractivity contribution in [3.63, 3.8) is 0 Å². The van der Waals surface area contributed by atoms with Gasteiger partial charge in [0.2, 0.25) is 5.88 Å². The molecule has 0 saturated carbocycles. The van der Waals surface area contributed by atoms with Crippen LogP contribution in [0.1, 0.15) is 16.7 Å². The monoisotopic (exact) mass is 366 g/mol. The van der Waals surface area contributed by atoms with Gasteiger partial charge in [0.1, 0.15) is 0 Å². The third-order valence-electron chi connectivity index (χ3n) is 3.43. The first kappa shape index (κ1) is 19.6. The van der Waals surface area contributed by atoms with Crippen molar-refractivity contribution in [3.8, 4) is 5.88 Å². The van der Waals surface area contributed by atoms with Crippen molar-refractivity contribution >= 4 is 5.96 Å². The lowest BCUT2D eigenvalue weighted by molar-refractivity contribution is -0.154. The second-order valence-electron chi connectivity index (χ2n) is 5.64. The predicted molar refractivity (Wildman–Crippen MR) is 94.0 cm³/mol. The zero-order valence-electron chi connectivity index (χ0n) is 14.6. The molecule has 0 saturated heterocycles. The number of nitrogens with zero attached hydrogens (tertiary/aromatic N) is 2. The van der Waals surface area contributed by atoms with Crippen molar-refractivity contribution in [1.29, 1.82) is 0 Å². The second kappa shape index (κ2) is 9.07. The maximum atomic E-state index is 12.3. The zero-order chi connectivity index (χ0) is 19.0. The zero-order valence-corrected chi connectivity index (χ0v) is 14.6. The number of aryl methyl sites for hydroxylation is 1.